The molecule has 11 heavy (non-hydrogen) atoms. The molecule has 0 aromatic heterocycles. The van der Waals surface area contributed by atoms with Crippen molar-refractivity contribution in [3.05, 3.63) is 0 Å². The van der Waals surface area contributed by atoms with E-state index in [2.05, 4.69) is 0 Å². The summed E-state index contributed by atoms with van der Waals surface area (Å²) in [6, 6.07) is 0. The molecule has 4 heteroatoms. The van der Waals surface area contributed by atoms with Crippen LogP contribution in [0.3, 0.4) is 0 Å². The highest BCUT2D eigenvalue weighted by Gasteiger charge is 2.22. The molecule has 0 aromatic rings. The Balaban J connectivity index is 3.91. The molecule has 0 spiro atoms. The van der Waals surface area contributed by atoms with Gasteiger partial charge >= 0.3 is 5.97 Å². The van der Waals surface area contributed by atoms with E-state index in [1.54, 1.807) is 6.92 Å². The number of hydrogen-bond donors (Lipinski definition) is 2. The Hall–Kier alpha value is -0.610. The topological polar surface area (TPSA) is 72.5 Å². The number of hydrogen-bond acceptors (Lipinski definition) is 3. The Morgan fingerprint density at radius 3 is 2.55 bits per heavy atom. The van der Waals surface area contributed by atoms with Gasteiger partial charge in [0.05, 0.1) is 12.0 Å². The number of carboxylic acids is 1. The number of carboxylic acid groups (broad SMARTS) is 1. The van der Waals surface area contributed by atoms with Gasteiger partial charge in [0, 0.05) is 13.2 Å². The molecule has 0 bridgehead atoms. The molecule has 0 rings (SSSR count). The maximum absolute atomic E-state index is 10.5. The second kappa shape index (κ2) is 5.09. The van der Waals surface area contributed by atoms with Crippen LogP contribution in [0.25, 0.3) is 0 Å². The molecule has 0 radical (unpaired) electrons. The van der Waals surface area contributed by atoms with Gasteiger partial charge in [-0.05, 0) is 13.8 Å². The second-order valence-corrected chi connectivity index (χ2v) is 2.34. The lowest BCUT2D eigenvalue weighted by molar-refractivity contribution is -0.146. The zero-order valence-corrected chi connectivity index (χ0v) is 6.91. The average molecular weight is 161 g/mol. The first kappa shape index (κ1) is 10.4. The molecule has 0 heterocycles. The van der Waals surface area contributed by atoms with Crippen molar-refractivity contribution in [2.45, 2.75) is 20.0 Å². The molecule has 66 valence electrons. The highest BCUT2D eigenvalue weighted by molar-refractivity contribution is 5.70. The molecule has 0 fully saturated rings. The third-order valence-electron chi connectivity index (χ3n) is 1.57. The minimum atomic E-state index is -0.895. The summed E-state index contributed by atoms with van der Waals surface area (Å²) in [6.45, 7) is 4.18. The van der Waals surface area contributed by atoms with Crippen LogP contribution in [-0.4, -0.2) is 30.3 Å². The first-order valence-corrected chi connectivity index (χ1v) is 3.68. The van der Waals surface area contributed by atoms with Crippen molar-refractivity contribution in [3.8, 4) is 0 Å². The van der Waals surface area contributed by atoms with Crippen LogP contribution in [0.4, 0.5) is 0 Å². The molecular weight excluding hydrogens is 146 g/mol. The Kier molecular flexibility index (Phi) is 4.81. The summed E-state index contributed by atoms with van der Waals surface area (Å²) in [5.41, 5.74) is 5.24. The molecule has 4 nitrogen and oxygen atoms in total. The molecule has 0 amide bonds. The van der Waals surface area contributed by atoms with Crippen LogP contribution in [0.5, 0.6) is 0 Å². The molecule has 2 unspecified atom stereocenters. The van der Waals surface area contributed by atoms with Crippen molar-refractivity contribution < 1.29 is 14.6 Å². The van der Waals surface area contributed by atoms with E-state index in [1.165, 1.54) is 0 Å². The van der Waals surface area contributed by atoms with Gasteiger partial charge in [-0.25, -0.2) is 0 Å². The van der Waals surface area contributed by atoms with Crippen LogP contribution in [-0.2, 0) is 9.53 Å². The quantitative estimate of drug-likeness (QED) is 0.598. The largest absolute Gasteiger partial charge is 0.481 e. The van der Waals surface area contributed by atoms with Gasteiger partial charge in [-0.1, -0.05) is 0 Å². The van der Waals surface area contributed by atoms with Crippen molar-refractivity contribution in [3.63, 3.8) is 0 Å². The van der Waals surface area contributed by atoms with E-state index >= 15 is 0 Å². The summed E-state index contributed by atoms with van der Waals surface area (Å²) < 4.78 is 5.10. The van der Waals surface area contributed by atoms with Crippen molar-refractivity contribution in [1.29, 1.82) is 0 Å². The summed E-state index contributed by atoms with van der Waals surface area (Å²) in [5.74, 6) is -1.48. The zero-order valence-electron chi connectivity index (χ0n) is 6.91. The fourth-order valence-corrected chi connectivity index (χ4v) is 0.872. The summed E-state index contributed by atoms with van der Waals surface area (Å²) in [7, 11) is 0. The molecule has 0 aliphatic heterocycles. The number of aliphatic carboxylic acids is 1. The molecule has 2 atom stereocenters. The van der Waals surface area contributed by atoms with Gasteiger partial charge in [0.25, 0.3) is 0 Å². The van der Waals surface area contributed by atoms with Gasteiger partial charge in [0.2, 0.25) is 0 Å². The van der Waals surface area contributed by atoms with Crippen LogP contribution in [0, 0.1) is 5.92 Å². The minimum Gasteiger partial charge on any atom is -0.481 e. The van der Waals surface area contributed by atoms with E-state index in [4.69, 9.17) is 15.6 Å². The van der Waals surface area contributed by atoms with Crippen LogP contribution >= 0.6 is 0 Å². The molecule has 0 aliphatic carbocycles. The van der Waals surface area contributed by atoms with Crippen LogP contribution in [0.15, 0.2) is 0 Å². The monoisotopic (exact) mass is 161 g/mol. The summed E-state index contributed by atoms with van der Waals surface area (Å²) >= 11 is 0. The normalized spacial score (nSPS) is 15.9. The number of nitrogens with two attached hydrogens (primary N) is 1. The third-order valence-corrected chi connectivity index (χ3v) is 1.57. The summed E-state index contributed by atoms with van der Waals surface area (Å²) in [6.07, 6.45) is -0.303. The van der Waals surface area contributed by atoms with Gasteiger partial charge in [-0.2, -0.15) is 0 Å². The highest BCUT2D eigenvalue weighted by atomic mass is 16.5. The second-order valence-electron chi connectivity index (χ2n) is 2.34. The fourth-order valence-electron chi connectivity index (χ4n) is 0.872. The van der Waals surface area contributed by atoms with E-state index in [1.807, 2.05) is 6.92 Å². The summed E-state index contributed by atoms with van der Waals surface area (Å²) in [5, 5.41) is 8.61. The van der Waals surface area contributed by atoms with Crippen LogP contribution in [0.2, 0.25) is 0 Å². The average Bonchev–Trinajstić information content (AvgIpc) is 1.88. The lowest BCUT2D eigenvalue weighted by Gasteiger charge is -2.17. The number of rotatable bonds is 5. The third kappa shape index (κ3) is 3.34. The van der Waals surface area contributed by atoms with Gasteiger partial charge < -0.3 is 15.6 Å². The standard InChI is InChI=1S/C7H15NO3/c1-3-11-5(2)6(4-8)7(9)10/h5-6H,3-4,8H2,1-2H3,(H,9,10). The molecule has 0 aromatic carbocycles. The van der Waals surface area contributed by atoms with E-state index < -0.39 is 11.9 Å². The van der Waals surface area contributed by atoms with Gasteiger partial charge in [-0.3, -0.25) is 4.79 Å². The predicted octanol–water partition coefficient (Wildman–Crippen LogP) is 0.0709. The first-order valence-electron chi connectivity index (χ1n) is 3.68. The first-order chi connectivity index (χ1) is 5.13. The molecule has 0 saturated carbocycles. The van der Waals surface area contributed by atoms with Crippen molar-refractivity contribution >= 4 is 5.97 Å². The molecular formula is C7H15NO3. The number of carbonyl (C=O) groups is 1. The molecule has 0 aliphatic rings. The maximum Gasteiger partial charge on any atom is 0.310 e. The van der Waals surface area contributed by atoms with Crippen molar-refractivity contribution in [2.24, 2.45) is 11.7 Å². The highest BCUT2D eigenvalue weighted by Crippen LogP contribution is 2.05. The Bertz CT molecular complexity index is 127. The predicted molar refractivity (Wildman–Crippen MR) is 41.3 cm³/mol. The Morgan fingerprint density at radius 1 is 1.73 bits per heavy atom. The number of ether oxygens (including phenoxy) is 1. The molecule has 3 N–H and O–H groups in total. The smallest absolute Gasteiger partial charge is 0.310 e. The van der Waals surface area contributed by atoms with E-state index in [9.17, 15) is 4.79 Å². The lowest BCUT2D eigenvalue weighted by atomic mass is 10.1. The van der Waals surface area contributed by atoms with Crippen LogP contribution in [0.1, 0.15) is 13.8 Å². The lowest BCUT2D eigenvalue weighted by Crippen LogP contribution is -2.34. The van der Waals surface area contributed by atoms with Crippen molar-refractivity contribution in [2.75, 3.05) is 13.2 Å². The summed E-state index contributed by atoms with van der Waals surface area (Å²) in [4.78, 5) is 10.5. The Morgan fingerprint density at radius 2 is 2.27 bits per heavy atom. The SMILES string of the molecule is CCOC(C)C(CN)C(=O)O. The van der Waals surface area contributed by atoms with Gasteiger partial charge in [0.15, 0.2) is 0 Å². The van der Waals surface area contributed by atoms with E-state index in [0.29, 0.717) is 6.61 Å². The Labute approximate surface area is 66.3 Å². The minimum absolute atomic E-state index is 0.122. The maximum atomic E-state index is 10.5. The molecule has 0 saturated heterocycles. The van der Waals surface area contributed by atoms with E-state index in [-0.39, 0.29) is 12.6 Å². The zero-order chi connectivity index (χ0) is 8.85. The van der Waals surface area contributed by atoms with Gasteiger partial charge in [-0.15, -0.1) is 0 Å². The van der Waals surface area contributed by atoms with Crippen molar-refractivity contribution in [1.82, 2.24) is 0 Å². The van der Waals surface area contributed by atoms with Crippen LogP contribution < -0.4 is 5.73 Å². The van der Waals surface area contributed by atoms with Gasteiger partial charge in [0.1, 0.15) is 0 Å². The fraction of sp³-hybridized carbons (Fsp3) is 0.857. The van der Waals surface area contributed by atoms with E-state index in [0.717, 1.165) is 0 Å².